The number of hydrogen-bond donors (Lipinski definition) is 1. The lowest BCUT2D eigenvalue weighted by atomic mass is 10.3. The number of aromatic nitrogens is 3. The van der Waals surface area contributed by atoms with E-state index in [0.29, 0.717) is 38.5 Å². The molecule has 2 aromatic heterocycles. The Morgan fingerprint density at radius 3 is 2.67 bits per heavy atom. The Morgan fingerprint density at radius 2 is 2.08 bits per heavy atom. The molecule has 0 spiro atoms. The highest BCUT2D eigenvalue weighted by Gasteiger charge is 2.25. The van der Waals surface area contributed by atoms with Gasteiger partial charge in [-0.15, -0.1) is 10.2 Å². The molecule has 1 aliphatic rings. The first-order valence-electron chi connectivity index (χ1n) is 7.80. The minimum Gasteiger partial charge on any atom is -0.459 e. The second-order valence-corrected chi connectivity index (χ2v) is 5.52. The Bertz CT molecular complexity index is 699. The van der Waals surface area contributed by atoms with Crippen LogP contribution in [0.2, 0.25) is 0 Å². The van der Waals surface area contributed by atoms with Crippen molar-refractivity contribution in [2.75, 3.05) is 33.2 Å². The maximum atomic E-state index is 12.3. The van der Waals surface area contributed by atoms with Gasteiger partial charge >= 0.3 is 0 Å². The van der Waals surface area contributed by atoms with Crippen LogP contribution in [0.4, 0.5) is 0 Å². The van der Waals surface area contributed by atoms with Crippen LogP contribution in [0.15, 0.2) is 34.1 Å². The molecule has 9 nitrogen and oxygen atoms in total. The number of nitrogens with one attached hydrogen (secondary N) is 1. The van der Waals surface area contributed by atoms with E-state index in [0.717, 1.165) is 11.8 Å². The van der Waals surface area contributed by atoms with Gasteiger partial charge < -0.3 is 24.1 Å². The van der Waals surface area contributed by atoms with Gasteiger partial charge in [0.15, 0.2) is 17.5 Å². The zero-order valence-electron chi connectivity index (χ0n) is 13.8. The second-order valence-electron chi connectivity index (χ2n) is 5.52. The van der Waals surface area contributed by atoms with E-state index in [2.05, 4.69) is 25.4 Å². The van der Waals surface area contributed by atoms with Crippen molar-refractivity contribution in [1.82, 2.24) is 29.9 Å². The minimum atomic E-state index is -0.0679. The van der Waals surface area contributed by atoms with Crippen molar-refractivity contribution in [2.24, 2.45) is 12.0 Å². The molecule has 0 atom stereocenters. The van der Waals surface area contributed by atoms with E-state index in [9.17, 15) is 4.79 Å². The molecule has 0 aromatic carbocycles. The molecule has 0 unspecified atom stereocenters. The predicted molar refractivity (Wildman–Crippen MR) is 87.4 cm³/mol. The maximum Gasteiger partial charge on any atom is 0.289 e. The van der Waals surface area contributed by atoms with Gasteiger partial charge in [-0.3, -0.25) is 9.79 Å². The van der Waals surface area contributed by atoms with Crippen molar-refractivity contribution >= 4 is 11.9 Å². The first kappa shape index (κ1) is 16.0. The average Bonchev–Trinajstić information content (AvgIpc) is 3.27. The molecule has 128 valence electrons. The van der Waals surface area contributed by atoms with Crippen LogP contribution in [0.5, 0.6) is 0 Å². The summed E-state index contributed by atoms with van der Waals surface area (Å²) in [5.41, 5.74) is 0. The molecule has 1 N–H and O–H groups in total. The van der Waals surface area contributed by atoms with Crippen molar-refractivity contribution in [3.63, 3.8) is 0 Å². The summed E-state index contributed by atoms with van der Waals surface area (Å²) in [5.74, 6) is 1.95. The topological polar surface area (TPSA) is 91.8 Å². The van der Waals surface area contributed by atoms with E-state index in [1.165, 1.54) is 6.26 Å². The Hall–Kier alpha value is -2.84. The van der Waals surface area contributed by atoms with Crippen LogP contribution in [-0.4, -0.2) is 69.7 Å². The van der Waals surface area contributed by atoms with E-state index in [1.54, 1.807) is 30.4 Å². The SMILES string of the molecule is CN=C(NCc1nncn1C)N1CCN(C(=O)c2ccco2)CC1. The Morgan fingerprint density at radius 1 is 1.33 bits per heavy atom. The summed E-state index contributed by atoms with van der Waals surface area (Å²) in [6.45, 7) is 3.24. The van der Waals surface area contributed by atoms with E-state index in [1.807, 2.05) is 11.6 Å². The van der Waals surface area contributed by atoms with Crippen LogP contribution < -0.4 is 5.32 Å². The zero-order valence-corrected chi connectivity index (χ0v) is 13.8. The number of carbonyl (C=O) groups is 1. The van der Waals surface area contributed by atoms with Gasteiger partial charge in [0.1, 0.15) is 6.33 Å². The normalized spacial score (nSPS) is 15.7. The fourth-order valence-corrected chi connectivity index (χ4v) is 2.63. The average molecular weight is 331 g/mol. The summed E-state index contributed by atoms with van der Waals surface area (Å²) in [4.78, 5) is 20.5. The Labute approximate surface area is 140 Å². The molecular weight excluding hydrogens is 310 g/mol. The van der Waals surface area contributed by atoms with Crippen LogP contribution in [-0.2, 0) is 13.6 Å². The third-order valence-corrected chi connectivity index (χ3v) is 4.02. The molecule has 0 radical (unpaired) electrons. The number of aryl methyl sites for hydroxylation is 1. The first-order chi connectivity index (χ1) is 11.7. The summed E-state index contributed by atoms with van der Waals surface area (Å²) in [6, 6.07) is 3.41. The number of hydrogen-bond acceptors (Lipinski definition) is 5. The van der Waals surface area contributed by atoms with Crippen molar-refractivity contribution in [3.8, 4) is 0 Å². The van der Waals surface area contributed by atoms with Crippen molar-refractivity contribution in [2.45, 2.75) is 6.54 Å². The van der Waals surface area contributed by atoms with E-state index < -0.39 is 0 Å². The summed E-state index contributed by atoms with van der Waals surface area (Å²) < 4.78 is 7.04. The summed E-state index contributed by atoms with van der Waals surface area (Å²) >= 11 is 0. The van der Waals surface area contributed by atoms with E-state index in [4.69, 9.17) is 4.42 Å². The van der Waals surface area contributed by atoms with Gasteiger partial charge in [-0.25, -0.2) is 0 Å². The van der Waals surface area contributed by atoms with Gasteiger partial charge in [-0.05, 0) is 12.1 Å². The van der Waals surface area contributed by atoms with Gasteiger partial charge in [0.25, 0.3) is 5.91 Å². The molecule has 0 aliphatic carbocycles. The third kappa shape index (κ3) is 3.39. The largest absolute Gasteiger partial charge is 0.459 e. The third-order valence-electron chi connectivity index (χ3n) is 4.02. The van der Waals surface area contributed by atoms with Crippen LogP contribution in [0.1, 0.15) is 16.4 Å². The Balaban J connectivity index is 1.53. The van der Waals surface area contributed by atoms with Gasteiger partial charge in [-0.1, -0.05) is 0 Å². The monoisotopic (exact) mass is 331 g/mol. The molecular formula is C15H21N7O2. The zero-order chi connectivity index (χ0) is 16.9. The molecule has 2 aromatic rings. The lowest BCUT2D eigenvalue weighted by Crippen LogP contribution is -2.53. The van der Waals surface area contributed by atoms with E-state index in [-0.39, 0.29) is 5.91 Å². The van der Waals surface area contributed by atoms with Crippen LogP contribution in [0.3, 0.4) is 0 Å². The fourth-order valence-electron chi connectivity index (χ4n) is 2.63. The van der Waals surface area contributed by atoms with Crippen LogP contribution in [0, 0.1) is 0 Å². The molecule has 3 heterocycles. The number of carbonyl (C=O) groups excluding carboxylic acids is 1. The molecule has 1 aliphatic heterocycles. The van der Waals surface area contributed by atoms with Crippen molar-refractivity contribution in [1.29, 1.82) is 0 Å². The summed E-state index contributed by atoms with van der Waals surface area (Å²) in [5, 5.41) is 11.2. The first-order valence-corrected chi connectivity index (χ1v) is 7.80. The van der Waals surface area contributed by atoms with Gasteiger partial charge in [0.05, 0.1) is 12.8 Å². The van der Waals surface area contributed by atoms with Crippen molar-refractivity contribution < 1.29 is 9.21 Å². The molecule has 1 saturated heterocycles. The van der Waals surface area contributed by atoms with Gasteiger partial charge in [0, 0.05) is 40.3 Å². The second kappa shape index (κ2) is 7.16. The van der Waals surface area contributed by atoms with Crippen LogP contribution >= 0.6 is 0 Å². The molecule has 1 amide bonds. The highest BCUT2D eigenvalue weighted by molar-refractivity contribution is 5.91. The number of aliphatic imine (C=N–C) groups is 1. The minimum absolute atomic E-state index is 0.0679. The summed E-state index contributed by atoms with van der Waals surface area (Å²) in [6.07, 6.45) is 3.18. The van der Waals surface area contributed by atoms with Gasteiger partial charge in [0.2, 0.25) is 0 Å². The number of amides is 1. The predicted octanol–water partition coefficient (Wildman–Crippen LogP) is -0.0585. The highest BCUT2D eigenvalue weighted by atomic mass is 16.3. The molecule has 1 fully saturated rings. The standard InChI is InChI=1S/C15H21N7O2/c1-16-15(17-10-13-19-18-11-20(13)2)22-7-5-21(6-8-22)14(23)12-4-3-9-24-12/h3-4,9,11H,5-8,10H2,1-2H3,(H,16,17). The summed E-state index contributed by atoms with van der Waals surface area (Å²) in [7, 11) is 3.65. The maximum absolute atomic E-state index is 12.3. The number of furan rings is 1. The molecule has 0 saturated carbocycles. The molecule has 0 bridgehead atoms. The van der Waals surface area contributed by atoms with E-state index >= 15 is 0 Å². The van der Waals surface area contributed by atoms with Crippen LogP contribution in [0.25, 0.3) is 0 Å². The highest BCUT2D eigenvalue weighted by Crippen LogP contribution is 2.09. The molecule has 24 heavy (non-hydrogen) atoms. The number of piperazine rings is 1. The Kier molecular flexibility index (Phi) is 4.78. The van der Waals surface area contributed by atoms with Gasteiger partial charge in [-0.2, -0.15) is 0 Å². The number of rotatable bonds is 3. The smallest absolute Gasteiger partial charge is 0.289 e. The lowest BCUT2D eigenvalue weighted by Gasteiger charge is -2.36. The molecule has 3 rings (SSSR count). The molecule has 9 heteroatoms. The number of guanidine groups is 1. The quantitative estimate of drug-likeness (QED) is 0.626. The lowest BCUT2D eigenvalue weighted by molar-refractivity contribution is 0.0657. The van der Waals surface area contributed by atoms with Crippen molar-refractivity contribution in [3.05, 3.63) is 36.3 Å². The fraction of sp³-hybridized carbons (Fsp3) is 0.467. The number of nitrogens with zero attached hydrogens (tertiary/aromatic N) is 6.